The summed E-state index contributed by atoms with van der Waals surface area (Å²) in [5.41, 5.74) is 3.12. The van der Waals surface area contributed by atoms with Crippen LogP contribution in [0.25, 0.3) is 0 Å². The van der Waals surface area contributed by atoms with Crippen LogP contribution in [-0.2, 0) is 6.42 Å². The van der Waals surface area contributed by atoms with E-state index < -0.39 is 0 Å². The molecule has 1 aromatic rings. The van der Waals surface area contributed by atoms with Gasteiger partial charge in [-0.2, -0.15) is 0 Å². The van der Waals surface area contributed by atoms with E-state index in [2.05, 4.69) is 34.5 Å². The average molecular weight is 270 g/mol. The lowest BCUT2D eigenvalue weighted by Gasteiger charge is -2.41. The highest BCUT2D eigenvalue weighted by molar-refractivity contribution is 5.32. The Kier molecular flexibility index (Phi) is 3.53. The lowest BCUT2D eigenvalue weighted by Crippen LogP contribution is -2.47. The molecule has 3 aliphatic rings. The van der Waals surface area contributed by atoms with Gasteiger partial charge in [-0.15, -0.1) is 0 Å². The maximum atomic E-state index is 3.76. The van der Waals surface area contributed by atoms with E-state index in [9.17, 15) is 0 Å². The van der Waals surface area contributed by atoms with E-state index in [1.807, 2.05) is 0 Å². The lowest BCUT2D eigenvalue weighted by atomic mass is 9.89. The minimum absolute atomic E-state index is 0.555. The largest absolute Gasteiger partial charge is 0.309 e. The first-order valence-corrected chi connectivity index (χ1v) is 8.47. The molecule has 2 nitrogen and oxygen atoms in total. The second-order valence-corrected chi connectivity index (χ2v) is 6.85. The Labute approximate surface area is 122 Å². The van der Waals surface area contributed by atoms with E-state index in [-0.39, 0.29) is 0 Å². The second-order valence-electron chi connectivity index (χ2n) is 6.85. The molecule has 1 saturated heterocycles. The number of likely N-dealkylation sites (tertiary alicyclic amines) is 1. The van der Waals surface area contributed by atoms with E-state index >= 15 is 0 Å². The van der Waals surface area contributed by atoms with Crippen LogP contribution in [0.5, 0.6) is 0 Å². The quantitative estimate of drug-likeness (QED) is 0.888. The fourth-order valence-electron chi connectivity index (χ4n) is 4.77. The van der Waals surface area contributed by atoms with Gasteiger partial charge in [0, 0.05) is 18.6 Å². The van der Waals surface area contributed by atoms with Crippen molar-refractivity contribution in [2.24, 2.45) is 5.92 Å². The SMILES string of the molecule is c1ccc2c(c1)CCNC2CN1CCCC2CCCC21. The Morgan fingerprint density at radius 1 is 1.10 bits per heavy atom. The van der Waals surface area contributed by atoms with Crippen molar-refractivity contribution < 1.29 is 0 Å². The minimum Gasteiger partial charge on any atom is -0.309 e. The average Bonchev–Trinajstić information content (AvgIpc) is 2.97. The van der Waals surface area contributed by atoms with Crippen LogP contribution in [0, 0.1) is 5.92 Å². The van der Waals surface area contributed by atoms with Gasteiger partial charge in [0.25, 0.3) is 0 Å². The van der Waals surface area contributed by atoms with Gasteiger partial charge in [-0.1, -0.05) is 30.7 Å². The molecule has 0 radical (unpaired) electrons. The molecule has 2 fully saturated rings. The highest BCUT2D eigenvalue weighted by atomic mass is 15.2. The molecule has 1 aromatic carbocycles. The van der Waals surface area contributed by atoms with E-state index in [0.717, 1.165) is 18.5 Å². The van der Waals surface area contributed by atoms with Gasteiger partial charge in [0.1, 0.15) is 0 Å². The first-order valence-electron chi connectivity index (χ1n) is 8.47. The highest BCUT2D eigenvalue weighted by Crippen LogP contribution is 2.37. The molecule has 0 bridgehead atoms. The summed E-state index contributed by atoms with van der Waals surface area (Å²) in [7, 11) is 0. The van der Waals surface area contributed by atoms with Gasteiger partial charge in [-0.25, -0.2) is 0 Å². The summed E-state index contributed by atoms with van der Waals surface area (Å²) in [5.74, 6) is 1.00. The van der Waals surface area contributed by atoms with Crippen molar-refractivity contribution in [3.63, 3.8) is 0 Å². The molecule has 0 amide bonds. The fourth-order valence-corrected chi connectivity index (χ4v) is 4.77. The third-order valence-corrected chi connectivity index (χ3v) is 5.74. The monoisotopic (exact) mass is 270 g/mol. The number of hydrogen-bond acceptors (Lipinski definition) is 2. The summed E-state index contributed by atoms with van der Waals surface area (Å²) in [6.45, 7) is 3.68. The fraction of sp³-hybridized carbons (Fsp3) is 0.667. The van der Waals surface area contributed by atoms with E-state index in [1.165, 1.54) is 51.6 Å². The zero-order chi connectivity index (χ0) is 13.4. The second kappa shape index (κ2) is 5.50. The predicted molar refractivity (Wildman–Crippen MR) is 82.8 cm³/mol. The molecular formula is C18H26N2. The van der Waals surface area contributed by atoms with Gasteiger partial charge in [-0.3, -0.25) is 4.90 Å². The Balaban J connectivity index is 1.52. The van der Waals surface area contributed by atoms with Gasteiger partial charge >= 0.3 is 0 Å². The third-order valence-electron chi connectivity index (χ3n) is 5.74. The van der Waals surface area contributed by atoms with Crippen LogP contribution < -0.4 is 5.32 Å². The maximum absolute atomic E-state index is 3.76. The molecule has 3 atom stereocenters. The number of benzene rings is 1. The predicted octanol–water partition coefficient (Wildman–Crippen LogP) is 3.14. The smallest absolute Gasteiger partial charge is 0.0452 e. The topological polar surface area (TPSA) is 15.3 Å². The van der Waals surface area contributed by atoms with Gasteiger partial charge in [0.2, 0.25) is 0 Å². The number of nitrogens with one attached hydrogen (secondary N) is 1. The number of fused-ring (bicyclic) bond motifs is 2. The number of piperidine rings is 1. The summed E-state index contributed by atoms with van der Waals surface area (Å²) >= 11 is 0. The molecule has 2 aliphatic heterocycles. The molecule has 2 heterocycles. The van der Waals surface area contributed by atoms with Crippen molar-refractivity contribution in [2.45, 2.75) is 50.6 Å². The van der Waals surface area contributed by atoms with E-state index in [1.54, 1.807) is 11.1 Å². The molecule has 4 rings (SSSR count). The first-order chi connectivity index (χ1) is 9.92. The maximum Gasteiger partial charge on any atom is 0.0452 e. The summed E-state index contributed by atoms with van der Waals surface area (Å²) in [5, 5.41) is 3.76. The van der Waals surface area contributed by atoms with Crippen LogP contribution in [0.2, 0.25) is 0 Å². The van der Waals surface area contributed by atoms with Crippen LogP contribution in [0.4, 0.5) is 0 Å². The molecular weight excluding hydrogens is 244 g/mol. The zero-order valence-electron chi connectivity index (χ0n) is 12.4. The number of rotatable bonds is 2. The molecule has 108 valence electrons. The normalized spacial score (nSPS) is 33.7. The van der Waals surface area contributed by atoms with Crippen molar-refractivity contribution in [1.29, 1.82) is 0 Å². The minimum atomic E-state index is 0.555. The summed E-state index contributed by atoms with van der Waals surface area (Å²) in [6.07, 6.45) is 8.47. The van der Waals surface area contributed by atoms with Crippen LogP contribution in [0.1, 0.15) is 49.3 Å². The standard InChI is InChI=1S/C18H26N2/c1-2-8-16-14(5-1)10-11-19-17(16)13-20-12-4-7-15-6-3-9-18(15)20/h1-2,5,8,15,17-19H,3-4,6-7,9-13H2. The van der Waals surface area contributed by atoms with Crippen LogP contribution in [-0.4, -0.2) is 30.6 Å². The molecule has 1 saturated carbocycles. The van der Waals surface area contributed by atoms with Crippen molar-refractivity contribution >= 4 is 0 Å². The molecule has 20 heavy (non-hydrogen) atoms. The molecule has 3 unspecified atom stereocenters. The third kappa shape index (κ3) is 2.29. The van der Waals surface area contributed by atoms with Gasteiger partial charge in [0.15, 0.2) is 0 Å². The highest BCUT2D eigenvalue weighted by Gasteiger charge is 2.36. The van der Waals surface area contributed by atoms with Crippen LogP contribution >= 0.6 is 0 Å². The summed E-state index contributed by atoms with van der Waals surface area (Å²) < 4.78 is 0. The molecule has 0 aromatic heterocycles. The Bertz CT molecular complexity index is 470. The van der Waals surface area contributed by atoms with Crippen molar-refractivity contribution in [3.05, 3.63) is 35.4 Å². The number of nitrogens with zero attached hydrogens (tertiary/aromatic N) is 1. The molecule has 1 N–H and O–H groups in total. The van der Waals surface area contributed by atoms with Crippen molar-refractivity contribution in [1.82, 2.24) is 10.2 Å². The van der Waals surface area contributed by atoms with E-state index in [4.69, 9.17) is 0 Å². The van der Waals surface area contributed by atoms with Gasteiger partial charge < -0.3 is 5.32 Å². The Morgan fingerprint density at radius 2 is 2.00 bits per heavy atom. The Hall–Kier alpha value is -0.860. The van der Waals surface area contributed by atoms with Crippen molar-refractivity contribution in [2.75, 3.05) is 19.6 Å². The number of hydrogen-bond donors (Lipinski definition) is 1. The first kappa shape index (κ1) is 12.8. The van der Waals surface area contributed by atoms with Gasteiger partial charge in [-0.05, 0) is 62.2 Å². The van der Waals surface area contributed by atoms with E-state index in [0.29, 0.717) is 6.04 Å². The molecule has 1 aliphatic carbocycles. The lowest BCUT2D eigenvalue weighted by molar-refractivity contribution is 0.100. The Morgan fingerprint density at radius 3 is 3.00 bits per heavy atom. The van der Waals surface area contributed by atoms with Gasteiger partial charge in [0.05, 0.1) is 0 Å². The summed E-state index contributed by atoms with van der Waals surface area (Å²) in [4.78, 5) is 2.81. The van der Waals surface area contributed by atoms with Crippen LogP contribution in [0.3, 0.4) is 0 Å². The molecule has 0 spiro atoms. The van der Waals surface area contributed by atoms with Crippen LogP contribution in [0.15, 0.2) is 24.3 Å². The summed E-state index contributed by atoms with van der Waals surface area (Å²) in [6, 6.07) is 10.5. The molecule has 2 heteroatoms. The zero-order valence-corrected chi connectivity index (χ0v) is 12.4. The van der Waals surface area contributed by atoms with Crippen molar-refractivity contribution in [3.8, 4) is 0 Å².